The van der Waals surface area contributed by atoms with E-state index in [1.165, 1.54) is 18.0 Å². The molecule has 0 fully saturated rings. The number of hydrogen-bond acceptors (Lipinski definition) is 7. The van der Waals surface area contributed by atoms with Gasteiger partial charge in [0.05, 0.1) is 30.9 Å². The molecule has 0 saturated heterocycles. The minimum atomic E-state index is -0.370. The highest BCUT2D eigenvalue weighted by molar-refractivity contribution is 6.08. The molecule has 0 saturated carbocycles. The number of carbonyl (C=O) groups is 3. The lowest BCUT2D eigenvalue weighted by molar-refractivity contribution is 0.0933. The van der Waals surface area contributed by atoms with Crippen LogP contribution in [0.3, 0.4) is 0 Å². The van der Waals surface area contributed by atoms with E-state index in [0.29, 0.717) is 40.5 Å². The first-order valence-corrected chi connectivity index (χ1v) is 14.6. The number of nitrogens with one attached hydrogen (secondary N) is 3. The average Bonchev–Trinajstić information content (AvgIpc) is 3.46. The van der Waals surface area contributed by atoms with E-state index < -0.39 is 0 Å². The summed E-state index contributed by atoms with van der Waals surface area (Å²) in [5, 5.41) is 16.9. The van der Waals surface area contributed by atoms with Gasteiger partial charge < -0.3 is 20.7 Å². The van der Waals surface area contributed by atoms with Crippen LogP contribution < -0.4 is 20.7 Å². The van der Waals surface area contributed by atoms with Crippen molar-refractivity contribution in [1.82, 2.24) is 25.3 Å². The Morgan fingerprint density at radius 1 is 0.822 bits per heavy atom. The number of rotatable bonds is 8. The third-order valence-electron chi connectivity index (χ3n) is 7.08. The second-order valence-corrected chi connectivity index (χ2v) is 13.3. The molecule has 3 N–H and O–H groups in total. The summed E-state index contributed by atoms with van der Waals surface area (Å²) < 4.78 is 6.89. The van der Waals surface area contributed by atoms with E-state index >= 15 is 0 Å². The molecule has 236 valence electrons. The summed E-state index contributed by atoms with van der Waals surface area (Å²) in [5.74, 6) is -0.608. The molecule has 3 amide bonds. The normalized spacial score (nSPS) is 11.6. The molecular formula is C34H41N7O4. The maximum absolute atomic E-state index is 13.4. The van der Waals surface area contributed by atoms with E-state index in [-0.39, 0.29) is 34.2 Å². The molecule has 45 heavy (non-hydrogen) atoms. The Labute approximate surface area is 263 Å². The minimum absolute atomic E-state index is 0.0745. The van der Waals surface area contributed by atoms with Crippen molar-refractivity contribution in [3.63, 3.8) is 0 Å². The summed E-state index contributed by atoms with van der Waals surface area (Å²) >= 11 is 0. The van der Waals surface area contributed by atoms with Crippen molar-refractivity contribution in [2.75, 3.05) is 24.3 Å². The first-order valence-electron chi connectivity index (χ1n) is 14.6. The van der Waals surface area contributed by atoms with E-state index in [1.54, 1.807) is 48.7 Å². The van der Waals surface area contributed by atoms with E-state index in [9.17, 15) is 14.4 Å². The quantitative estimate of drug-likeness (QED) is 0.227. The lowest BCUT2D eigenvalue weighted by Crippen LogP contribution is -2.32. The predicted octanol–water partition coefficient (Wildman–Crippen LogP) is 5.87. The SMILES string of the molecule is COc1cnc(C(C)(C)C)cc1NC(=O)c1ccc(C)c(NC(=O)c2ccc(C)c(-n3cc(C(=O)NCC(C)(C)C)nn3)c2)c1. The molecule has 0 aliphatic heterocycles. The van der Waals surface area contributed by atoms with Crippen LogP contribution in [0.15, 0.2) is 54.9 Å². The highest BCUT2D eigenvalue weighted by Gasteiger charge is 2.21. The molecule has 4 rings (SSSR count). The van der Waals surface area contributed by atoms with E-state index in [4.69, 9.17) is 4.74 Å². The molecule has 2 aromatic heterocycles. The third-order valence-corrected chi connectivity index (χ3v) is 7.08. The summed E-state index contributed by atoms with van der Waals surface area (Å²) in [7, 11) is 1.52. The number of benzene rings is 2. The molecule has 4 aromatic rings. The second-order valence-electron chi connectivity index (χ2n) is 13.3. The summed E-state index contributed by atoms with van der Waals surface area (Å²) in [6.45, 7) is 16.4. The minimum Gasteiger partial charge on any atom is -0.493 e. The monoisotopic (exact) mass is 611 g/mol. The molecule has 0 aliphatic rings. The van der Waals surface area contributed by atoms with Gasteiger partial charge in [-0.3, -0.25) is 19.4 Å². The smallest absolute Gasteiger partial charge is 0.273 e. The molecule has 0 bridgehead atoms. The molecule has 0 atom stereocenters. The maximum atomic E-state index is 13.4. The number of ether oxygens (including phenoxy) is 1. The van der Waals surface area contributed by atoms with Gasteiger partial charge in [0.15, 0.2) is 11.4 Å². The first kappa shape index (κ1) is 32.8. The summed E-state index contributed by atoms with van der Waals surface area (Å²) in [6.07, 6.45) is 3.13. The van der Waals surface area contributed by atoms with E-state index in [1.807, 2.05) is 55.4 Å². The van der Waals surface area contributed by atoms with Crippen molar-refractivity contribution in [2.45, 2.75) is 60.8 Å². The Bertz CT molecular complexity index is 1750. The van der Waals surface area contributed by atoms with Crippen LogP contribution in [0.5, 0.6) is 5.75 Å². The van der Waals surface area contributed by atoms with E-state index in [2.05, 4.69) is 31.2 Å². The zero-order valence-corrected chi connectivity index (χ0v) is 27.3. The molecule has 0 unspecified atom stereocenters. The van der Waals surface area contributed by atoms with Crippen LogP contribution in [-0.2, 0) is 5.41 Å². The van der Waals surface area contributed by atoms with Gasteiger partial charge in [0, 0.05) is 34.5 Å². The maximum Gasteiger partial charge on any atom is 0.273 e. The number of aryl methyl sites for hydroxylation is 2. The third kappa shape index (κ3) is 8.11. The van der Waals surface area contributed by atoms with Gasteiger partial charge in [-0.15, -0.1) is 5.10 Å². The van der Waals surface area contributed by atoms with Crippen molar-refractivity contribution in [3.8, 4) is 11.4 Å². The van der Waals surface area contributed by atoms with Gasteiger partial charge in [-0.2, -0.15) is 0 Å². The van der Waals surface area contributed by atoms with Crippen LogP contribution in [0.2, 0.25) is 0 Å². The van der Waals surface area contributed by atoms with Crippen LogP contribution in [0.25, 0.3) is 5.69 Å². The zero-order chi connectivity index (χ0) is 33.1. The molecular weight excluding hydrogens is 570 g/mol. The number of amides is 3. The zero-order valence-electron chi connectivity index (χ0n) is 27.3. The summed E-state index contributed by atoms with van der Waals surface area (Å²) in [6, 6.07) is 12.1. The standard InChI is InChI=1S/C34H41N7O4/c1-20-10-12-22(30(42)38-25-16-29(34(6,7)8)35-17-28(25)45-9)14-24(20)37-31(43)23-13-11-21(2)27(15-23)41-18-26(39-40-41)32(44)36-19-33(3,4)5/h10-18H,19H2,1-9H3,(H,36,44)(H,37,43)(H,35,38,42). The Morgan fingerprint density at radius 3 is 2.07 bits per heavy atom. The molecule has 0 radical (unpaired) electrons. The first-order chi connectivity index (χ1) is 21.1. The topological polar surface area (TPSA) is 140 Å². The Kier molecular flexibility index (Phi) is 9.41. The van der Waals surface area contributed by atoms with Gasteiger partial charge in [0.2, 0.25) is 0 Å². The van der Waals surface area contributed by atoms with Crippen molar-refractivity contribution in [3.05, 3.63) is 88.5 Å². The van der Waals surface area contributed by atoms with Gasteiger partial charge in [-0.1, -0.05) is 58.9 Å². The Balaban J connectivity index is 1.53. The number of hydrogen-bond donors (Lipinski definition) is 3. The molecule has 2 heterocycles. The van der Waals surface area contributed by atoms with Crippen molar-refractivity contribution in [2.24, 2.45) is 5.41 Å². The van der Waals surface area contributed by atoms with Crippen LogP contribution in [0.1, 0.15) is 89.6 Å². The van der Waals surface area contributed by atoms with Gasteiger partial charge in [0.1, 0.15) is 0 Å². The van der Waals surface area contributed by atoms with Crippen molar-refractivity contribution < 1.29 is 19.1 Å². The number of anilines is 2. The Morgan fingerprint density at radius 2 is 1.44 bits per heavy atom. The lowest BCUT2D eigenvalue weighted by Gasteiger charge is -2.20. The van der Waals surface area contributed by atoms with Crippen molar-refractivity contribution >= 4 is 29.1 Å². The van der Waals surface area contributed by atoms with Gasteiger partial charge in [0.25, 0.3) is 17.7 Å². The lowest BCUT2D eigenvalue weighted by atomic mass is 9.91. The highest BCUT2D eigenvalue weighted by Crippen LogP contribution is 2.30. The number of nitrogens with zero attached hydrogens (tertiary/aromatic N) is 4. The summed E-state index contributed by atoms with van der Waals surface area (Å²) in [5.41, 5.74) is 4.64. The summed E-state index contributed by atoms with van der Waals surface area (Å²) in [4.78, 5) is 43.7. The molecule has 2 aromatic carbocycles. The van der Waals surface area contributed by atoms with Crippen LogP contribution in [-0.4, -0.2) is 51.4 Å². The van der Waals surface area contributed by atoms with E-state index in [0.717, 1.165) is 16.8 Å². The number of methoxy groups -OCH3 is 1. The fraction of sp³-hybridized carbons (Fsp3) is 0.353. The van der Waals surface area contributed by atoms with Crippen LogP contribution in [0, 0.1) is 19.3 Å². The fourth-order valence-corrected chi connectivity index (χ4v) is 4.32. The number of pyridine rings is 1. The molecule has 11 nitrogen and oxygen atoms in total. The Hall–Kier alpha value is -5.06. The van der Waals surface area contributed by atoms with Gasteiger partial charge in [-0.05, 0) is 60.7 Å². The number of carbonyl (C=O) groups excluding carboxylic acids is 3. The van der Waals surface area contributed by atoms with Crippen LogP contribution >= 0.6 is 0 Å². The van der Waals surface area contributed by atoms with Crippen LogP contribution in [0.4, 0.5) is 11.4 Å². The fourth-order valence-electron chi connectivity index (χ4n) is 4.32. The van der Waals surface area contributed by atoms with Gasteiger partial charge >= 0.3 is 0 Å². The van der Waals surface area contributed by atoms with Gasteiger partial charge in [-0.25, -0.2) is 4.68 Å². The molecule has 0 aliphatic carbocycles. The van der Waals surface area contributed by atoms with Crippen molar-refractivity contribution in [1.29, 1.82) is 0 Å². The molecule has 11 heteroatoms. The predicted molar refractivity (Wildman–Crippen MR) is 174 cm³/mol. The number of aromatic nitrogens is 4. The highest BCUT2D eigenvalue weighted by atomic mass is 16.5. The molecule has 0 spiro atoms. The largest absolute Gasteiger partial charge is 0.493 e. The second kappa shape index (κ2) is 12.9. The average molecular weight is 612 g/mol.